The summed E-state index contributed by atoms with van der Waals surface area (Å²) >= 11 is 1.82. The van der Waals surface area contributed by atoms with Crippen molar-refractivity contribution in [2.45, 2.75) is 6.29 Å². The van der Waals surface area contributed by atoms with Crippen LogP contribution in [0.5, 0.6) is 0 Å². The van der Waals surface area contributed by atoms with Crippen molar-refractivity contribution in [3.8, 4) is 0 Å². The molecule has 0 bridgehead atoms. The molecule has 13 rings (SSSR count). The first-order chi connectivity index (χ1) is 26.3. The summed E-state index contributed by atoms with van der Waals surface area (Å²) in [5.41, 5.74) is 9.43. The molecule has 1 aliphatic rings. The number of para-hydroxylation sites is 2. The number of rotatable bonds is 2. The fraction of sp³-hybridized carbons (Fsp3) is 0.0208. The van der Waals surface area contributed by atoms with Gasteiger partial charge < -0.3 is 14.3 Å². The van der Waals surface area contributed by atoms with Crippen molar-refractivity contribution >= 4 is 114 Å². The standard InChI is InChI=1S/C48H28N4S/c1-2-13-29-25-30(22-21-27(29)11-1)43-47-44(34-17-7-10-20-40(34)53-47)50-48(49-43)52-37-18-8-5-15-32(37)35-26-36-41-31-14-4-3-12-28(31)23-24-39(41)51-38-19-9-6-16-33(38)42(45(35)52)46(36)51/h1-26,48,50H. The van der Waals surface area contributed by atoms with Crippen LogP contribution < -0.4 is 5.32 Å². The maximum Gasteiger partial charge on any atom is 0.201 e. The first-order valence-corrected chi connectivity index (χ1v) is 19.0. The van der Waals surface area contributed by atoms with E-state index in [0.29, 0.717) is 0 Å². The van der Waals surface area contributed by atoms with E-state index in [2.05, 4.69) is 172 Å². The van der Waals surface area contributed by atoms with Crippen LogP contribution in [0.4, 0.5) is 5.69 Å². The van der Waals surface area contributed by atoms with E-state index in [0.717, 1.165) is 17.0 Å². The predicted molar refractivity (Wildman–Crippen MR) is 226 cm³/mol. The number of benzene rings is 8. The lowest BCUT2D eigenvalue weighted by atomic mass is 10.00. The quantitative estimate of drug-likeness (QED) is 0.192. The molecule has 1 N–H and O–H groups in total. The normalized spacial score (nSPS) is 14.9. The van der Waals surface area contributed by atoms with E-state index >= 15 is 0 Å². The van der Waals surface area contributed by atoms with Crippen molar-refractivity contribution < 1.29 is 0 Å². The van der Waals surface area contributed by atoms with Crippen LogP contribution in [-0.2, 0) is 0 Å². The van der Waals surface area contributed by atoms with Gasteiger partial charge in [0, 0.05) is 48.0 Å². The molecule has 0 saturated carbocycles. The lowest BCUT2D eigenvalue weighted by Gasteiger charge is -2.27. The van der Waals surface area contributed by atoms with Crippen LogP contribution in [0.3, 0.4) is 0 Å². The van der Waals surface area contributed by atoms with Crippen LogP contribution in [0.2, 0.25) is 0 Å². The molecule has 0 aliphatic carbocycles. The van der Waals surface area contributed by atoms with Gasteiger partial charge in [0.15, 0.2) is 0 Å². The van der Waals surface area contributed by atoms with Crippen LogP contribution in [0.1, 0.15) is 16.7 Å². The van der Waals surface area contributed by atoms with E-state index in [1.165, 1.54) is 96.4 Å². The van der Waals surface area contributed by atoms with Gasteiger partial charge in [-0.15, -0.1) is 11.3 Å². The molecule has 1 unspecified atom stereocenters. The highest BCUT2D eigenvalue weighted by Gasteiger charge is 2.31. The molecule has 5 heteroatoms. The molecule has 5 heterocycles. The van der Waals surface area contributed by atoms with Gasteiger partial charge >= 0.3 is 0 Å². The summed E-state index contributed by atoms with van der Waals surface area (Å²) in [6, 6.07) is 57.8. The minimum absolute atomic E-state index is 0.385. The highest BCUT2D eigenvalue weighted by molar-refractivity contribution is 7.22. The topological polar surface area (TPSA) is 33.7 Å². The monoisotopic (exact) mass is 692 g/mol. The van der Waals surface area contributed by atoms with Gasteiger partial charge in [-0.3, -0.25) is 0 Å². The van der Waals surface area contributed by atoms with Crippen molar-refractivity contribution in [1.82, 2.24) is 8.97 Å². The SMILES string of the molecule is c1ccc2cc(C3=NC(n4c5ccccc5c5cc6c7c8ccccc8ccc7n7c8ccccc8c(c54)c67)Nc4c3sc3ccccc43)ccc2c1. The number of aromatic nitrogens is 2. The highest BCUT2D eigenvalue weighted by Crippen LogP contribution is 2.49. The van der Waals surface area contributed by atoms with Crippen molar-refractivity contribution in [2.75, 3.05) is 5.32 Å². The fourth-order valence-corrected chi connectivity index (χ4v) is 10.6. The summed E-state index contributed by atoms with van der Waals surface area (Å²) < 4.78 is 6.25. The minimum Gasteiger partial charge on any atom is -0.345 e. The van der Waals surface area contributed by atoms with Gasteiger partial charge in [0.2, 0.25) is 6.29 Å². The van der Waals surface area contributed by atoms with Gasteiger partial charge in [-0.1, -0.05) is 121 Å². The van der Waals surface area contributed by atoms with Crippen LogP contribution in [0.15, 0.2) is 163 Å². The largest absolute Gasteiger partial charge is 0.345 e. The first-order valence-electron chi connectivity index (χ1n) is 18.2. The minimum atomic E-state index is -0.385. The third-order valence-electron chi connectivity index (χ3n) is 11.6. The Bertz CT molecular complexity index is 3560. The van der Waals surface area contributed by atoms with Crippen LogP contribution in [0, 0.1) is 0 Å². The number of nitrogens with one attached hydrogen (secondary N) is 1. The van der Waals surface area contributed by atoms with Gasteiger partial charge in [-0.2, -0.15) is 0 Å². The summed E-state index contributed by atoms with van der Waals surface area (Å²) in [4.78, 5) is 6.91. The third kappa shape index (κ3) is 3.57. The van der Waals surface area contributed by atoms with Crippen LogP contribution in [0.25, 0.3) is 91.5 Å². The zero-order chi connectivity index (χ0) is 34.4. The van der Waals surface area contributed by atoms with E-state index in [1.54, 1.807) is 0 Å². The molecule has 246 valence electrons. The zero-order valence-electron chi connectivity index (χ0n) is 28.3. The van der Waals surface area contributed by atoms with Crippen molar-refractivity contribution in [1.29, 1.82) is 0 Å². The molecule has 4 nitrogen and oxygen atoms in total. The highest BCUT2D eigenvalue weighted by atomic mass is 32.1. The second kappa shape index (κ2) is 10.0. The average molecular weight is 693 g/mol. The molecule has 0 spiro atoms. The number of aliphatic imine (C=N–C) groups is 1. The van der Waals surface area contributed by atoms with E-state index in [-0.39, 0.29) is 6.29 Å². The maximum atomic E-state index is 5.72. The van der Waals surface area contributed by atoms with Gasteiger partial charge in [-0.05, 0) is 57.9 Å². The van der Waals surface area contributed by atoms with Gasteiger partial charge in [-0.25, -0.2) is 4.99 Å². The molecule has 0 amide bonds. The Balaban J connectivity index is 1.19. The number of fused-ring (bicyclic) bond motifs is 16. The Morgan fingerprint density at radius 3 is 2.08 bits per heavy atom. The van der Waals surface area contributed by atoms with E-state index in [9.17, 15) is 0 Å². The number of nitrogens with zero attached hydrogens (tertiary/aromatic N) is 3. The molecule has 4 aromatic heterocycles. The molecule has 12 aromatic rings. The molecule has 0 radical (unpaired) electrons. The first kappa shape index (κ1) is 28.0. The summed E-state index contributed by atoms with van der Waals surface area (Å²) in [6.07, 6.45) is -0.385. The number of hydrogen-bond donors (Lipinski definition) is 1. The second-order valence-electron chi connectivity index (χ2n) is 14.3. The summed E-state index contributed by atoms with van der Waals surface area (Å²) in [5, 5.41) is 17.9. The van der Waals surface area contributed by atoms with E-state index < -0.39 is 0 Å². The van der Waals surface area contributed by atoms with E-state index in [1.807, 2.05) is 11.3 Å². The number of hydrogen-bond acceptors (Lipinski definition) is 3. The molecule has 8 aromatic carbocycles. The molecule has 0 saturated heterocycles. The lowest BCUT2D eigenvalue weighted by Crippen LogP contribution is -2.24. The van der Waals surface area contributed by atoms with Crippen LogP contribution >= 0.6 is 11.3 Å². The Morgan fingerprint density at radius 2 is 1.19 bits per heavy atom. The second-order valence-corrected chi connectivity index (χ2v) is 15.4. The van der Waals surface area contributed by atoms with E-state index in [4.69, 9.17) is 4.99 Å². The molecular weight excluding hydrogens is 665 g/mol. The molecule has 1 aliphatic heterocycles. The fourth-order valence-electron chi connectivity index (χ4n) is 9.42. The van der Waals surface area contributed by atoms with Crippen LogP contribution in [-0.4, -0.2) is 14.7 Å². The maximum absolute atomic E-state index is 5.72. The number of anilines is 1. The smallest absolute Gasteiger partial charge is 0.201 e. The molecular formula is C48H28N4S. The van der Waals surface area contributed by atoms with Gasteiger partial charge in [0.05, 0.1) is 43.9 Å². The Hall–Kier alpha value is -6.69. The molecule has 53 heavy (non-hydrogen) atoms. The zero-order valence-corrected chi connectivity index (χ0v) is 29.2. The number of thiophene rings is 1. The average Bonchev–Trinajstić information content (AvgIpc) is 3.95. The third-order valence-corrected chi connectivity index (χ3v) is 12.8. The van der Waals surface area contributed by atoms with Crippen molar-refractivity contribution in [3.05, 3.63) is 168 Å². The van der Waals surface area contributed by atoms with Crippen molar-refractivity contribution in [2.24, 2.45) is 4.99 Å². The Kier molecular flexibility index (Phi) is 5.28. The van der Waals surface area contributed by atoms with Gasteiger partial charge in [0.25, 0.3) is 0 Å². The molecule has 1 atom stereocenters. The molecule has 0 fully saturated rings. The lowest BCUT2D eigenvalue weighted by molar-refractivity contribution is 0.627. The summed E-state index contributed by atoms with van der Waals surface area (Å²) in [7, 11) is 0. The Labute approximate surface area is 306 Å². The summed E-state index contributed by atoms with van der Waals surface area (Å²) in [6.45, 7) is 0. The Morgan fingerprint density at radius 1 is 0.491 bits per heavy atom. The summed E-state index contributed by atoms with van der Waals surface area (Å²) in [5.74, 6) is 0. The van der Waals surface area contributed by atoms with Crippen molar-refractivity contribution in [3.63, 3.8) is 0 Å². The predicted octanol–water partition coefficient (Wildman–Crippen LogP) is 12.9. The van der Waals surface area contributed by atoms with Gasteiger partial charge in [0.1, 0.15) is 0 Å².